The molecule has 0 spiro atoms. The van der Waals surface area contributed by atoms with E-state index in [4.69, 9.17) is 0 Å². The van der Waals surface area contributed by atoms with Gasteiger partial charge in [-0.05, 0) is 218 Å². The molecule has 12 heteroatoms. The van der Waals surface area contributed by atoms with E-state index in [1.807, 2.05) is 388 Å². The van der Waals surface area contributed by atoms with Gasteiger partial charge in [0.05, 0.1) is 45.5 Å². The number of hydrogen-bond donors (Lipinski definition) is 0. The molecule has 24 aromatic carbocycles. The van der Waals surface area contributed by atoms with E-state index < -0.39 is 46.5 Å². The zero-order chi connectivity index (χ0) is 88.9. The van der Waals surface area contributed by atoms with Crippen LogP contribution >= 0.6 is 0 Å². The molecule has 628 valence electrons. The molecule has 0 heterocycles. The fraction of sp³-hybridized carbons (Fsp3) is 0. The highest BCUT2D eigenvalue weighted by atomic mass is 19.2. The molecule has 0 aliphatic rings. The summed E-state index contributed by atoms with van der Waals surface area (Å²) in [5, 5.41) is 17.9. The van der Waals surface area contributed by atoms with Gasteiger partial charge in [-0.15, -0.1) is 0 Å². The van der Waals surface area contributed by atoms with Crippen LogP contribution < -0.4 is 19.6 Å². The normalized spacial score (nSPS) is 11.6. The number of anilines is 12. The molecule has 24 aromatic rings. The predicted molar refractivity (Wildman–Crippen MR) is 530 cm³/mol. The van der Waals surface area contributed by atoms with Crippen LogP contribution in [-0.2, 0) is 0 Å². The zero-order valence-corrected chi connectivity index (χ0v) is 70.4. The lowest BCUT2D eigenvalue weighted by Crippen LogP contribution is -2.14. The first-order chi connectivity index (χ1) is 64.8. The van der Waals surface area contributed by atoms with Crippen molar-refractivity contribution in [3.63, 3.8) is 0 Å². The Balaban J connectivity index is 0.000000150. The molecule has 0 fully saturated rings. The van der Waals surface area contributed by atoms with Gasteiger partial charge in [-0.2, -0.15) is 0 Å². The van der Waals surface area contributed by atoms with Gasteiger partial charge in [-0.1, -0.05) is 303 Å². The van der Waals surface area contributed by atoms with Gasteiger partial charge in [0.25, 0.3) is 0 Å². The second-order valence-electron chi connectivity index (χ2n) is 33.2. The summed E-state index contributed by atoms with van der Waals surface area (Å²) in [5.41, 5.74) is 8.40. The molecule has 24 rings (SSSR count). The molecule has 4 nitrogen and oxygen atoms in total. The Hall–Kier alpha value is -17.0. The largest absolute Gasteiger partial charge is 0.307 e. The van der Waals surface area contributed by atoms with Gasteiger partial charge >= 0.3 is 0 Å². The maximum Gasteiger partial charge on any atom is 0.148 e. The van der Waals surface area contributed by atoms with E-state index in [0.29, 0.717) is 67.8 Å². The van der Waals surface area contributed by atoms with Crippen molar-refractivity contribution in [2.75, 3.05) is 19.6 Å². The fourth-order valence-electron chi connectivity index (χ4n) is 19.6. The van der Waals surface area contributed by atoms with Gasteiger partial charge < -0.3 is 19.6 Å². The van der Waals surface area contributed by atoms with Crippen molar-refractivity contribution < 1.29 is 35.1 Å². The van der Waals surface area contributed by atoms with Crippen LogP contribution in [0.4, 0.5) is 103 Å². The second kappa shape index (κ2) is 32.7. The number of fused-ring (bicyclic) bond motifs is 4. The number of rotatable bonds is 16. The van der Waals surface area contributed by atoms with Crippen molar-refractivity contribution in [2.45, 2.75) is 0 Å². The summed E-state index contributed by atoms with van der Waals surface area (Å²) in [7, 11) is 0. The first-order valence-electron chi connectivity index (χ1n) is 43.5. The van der Waals surface area contributed by atoms with Crippen LogP contribution in [0.2, 0.25) is 0 Å². The first kappa shape index (κ1) is 79.7. The maximum atomic E-state index is 17.0. The van der Waals surface area contributed by atoms with Crippen LogP contribution in [0.1, 0.15) is 0 Å². The summed E-state index contributed by atoms with van der Waals surface area (Å²) in [5.74, 6) is -4.57. The van der Waals surface area contributed by atoms with Gasteiger partial charge in [0.15, 0.2) is 0 Å². The number of halogens is 8. The predicted octanol–water partition coefficient (Wildman–Crippen LogP) is 35.4. The number of para-hydroxylation sites is 4. The van der Waals surface area contributed by atoms with Crippen LogP contribution in [0.15, 0.2) is 437 Å². The SMILES string of the molecule is Fc1cc(N(c2ccccc2)c2ccc3ccc4c(N(c5ccccc5)c5cc(F)c(-c6ccc7ccccc7c6)cc5F)ccc5ccc2c3c54)c(F)cc1-c1ccc2ccccc2c1.Fc1cc(N(c2ccccc2)c2ccc3ccc4c(N(c5ccccc5)c5cc(F)c(-c6cccc7ccccc67)cc5F)ccc5ccc2c3c54)c(F)cc1-c1cccc2ccccc12. The standard InChI is InChI=1S/2C60H36F4N2/c61-51-35-57(53(63)33-49(51)45-23-11-15-37-13-7-9-21-43(37)45)65(41-17-3-1-4-18-41)55-31-27-39-26-30-48-56(32-28-40-25-29-47(55)59(39)60(40)48)66(42-19-5-2-6-20-42)58-36-52(62)50(34-54(58)64)46-24-12-16-38-14-8-10-22-44(38)46;61-51-35-57(53(63)33-49(51)43-21-19-37-11-7-9-13-41(37)31-43)65(45-15-3-1-4-16-45)55-29-25-39-24-28-48-56(30-26-40-23-27-47(55)59(39)60(40)48)66(46-17-5-2-6-18-46)58-36-52(62)50(34-54(58)64)44-22-20-38-12-8-10-14-42(38)32-44/h2*1-36H. The molecule has 0 atom stereocenters. The molecule has 0 aromatic heterocycles. The van der Waals surface area contributed by atoms with Gasteiger partial charge in [0.1, 0.15) is 46.5 Å². The number of nitrogens with zero attached hydrogens (tertiary/aromatic N) is 4. The lowest BCUT2D eigenvalue weighted by molar-refractivity contribution is 0.604. The van der Waals surface area contributed by atoms with E-state index >= 15 is 35.1 Å². The minimum absolute atomic E-state index is 0.0538. The average molecular weight is 1720 g/mol. The zero-order valence-electron chi connectivity index (χ0n) is 70.4. The van der Waals surface area contributed by atoms with E-state index in [-0.39, 0.29) is 45.0 Å². The van der Waals surface area contributed by atoms with Gasteiger partial charge in [0, 0.05) is 90.8 Å². The highest BCUT2D eigenvalue weighted by molar-refractivity contribution is 6.30. The lowest BCUT2D eigenvalue weighted by atomic mass is 9.91. The molecule has 0 radical (unpaired) electrons. The van der Waals surface area contributed by atoms with Gasteiger partial charge in [-0.25, -0.2) is 35.1 Å². The minimum Gasteiger partial charge on any atom is -0.307 e. The molecule has 0 saturated heterocycles. The maximum absolute atomic E-state index is 17.0. The fourth-order valence-corrected chi connectivity index (χ4v) is 19.6. The Labute approximate surface area is 753 Å². The van der Waals surface area contributed by atoms with Crippen molar-refractivity contribution in [3.8, 4) is 44.5 Å². The Morgan fingerprint density at radius 3 is 0.667 bits per heavy atom. The quantitative estimate of drug-likeness (QED) is 0.0706. The minimum atomic E-state index is -0.588. The molecule has 0 unspecified atom stereocenters. The molecule has 0 saturated carbocycles. The van der Waals surface area contributed by atoms with E-state index in [0.717, 1.165) is 108 Å². The number of hydrogen-bond acceptors (Lipinski definition) is 4. The molecule has 0 amide bonds. The molecule has 0 aliphatic heterocycles. The van der Waals surface area contributed by atoms with Gasteiger partial charge in [-0.3, -0.25) is 0 Å². The Morgan fingerprint density at radius 1 is 0.129 bits per heavy atom. The average Bonchev–Trinajstić information content (AvgIpc) is 0.719. The summed E-state index contributed by atoms with van der Waals surface area (Å²) >= 11 is 0. The Morgan fingerprint density at radius 2 is 0.364 bits per heavy atom. The molecule has 0 aliphatic carbocycles. The van der Waals surface area contributed by atoms with Crippen LogP contribution in [0.5, 0.6) is 0 Å². The molecule has 132 heavy (non-hydrogen) atoms. The van der Waals surface area contributed by atoms with Crippen molar-refractivity contribution in [1.82, 2.24) is 0 Å². The summed E-state index contributed by atoms with van der Waals surface area (Å²) in [6.45, 7) is 0. The van der Waals surface area contributed by atoms with Crippen molar-refractivity contribution in [3.05, 3.63) is 483 Å². The Kier molecular flexibility index (Phi) is 19.7. The smallest absolute Gasteiger partial charge is 0.148 e. The van der Waals surface area contributed by atoms with Crippen molar-refractivity contribution >= 4 is 176 Å². The van der Waals surface area contributed by atoms with Crippen LogP contribution in [0.25, 0.3) is 152 Å². The summed E-state index contributed by atoms with van der Waals surface area (Å²) in [6, 6.07) is 133. The highest BCUT2D eigenvalue weighted by Crippen LogP contribution is 2.54. The Bertz CT molecular complexity index is 8160. The molecule has 0 bridgehead atoms. The van der Waals surface area contributed by atoms with Gasteiger partial charge in [0.2, 0.25) is 0 Å². The summed E-state index contributed by atoms with van der Waals surface area (Å²) in [6.07, 6.45) is 0. The summed E-state index contributed by atoms with van der Waals surface area (Å²) < 4.78 is 134. The topological polar surface area (TPSA) is 13.0 Å². The van der Waals surface area contributed by atoms with Crippen molar-refractivity contribution in [2.24, 2.45) is 0 Å². The van der Waals surface area contributed by atoms with E-state index in [9.17, 15) is 0 Å². The highest BCUT2D eigenvalue weighted by Gasteiger charge is 2.31. The second-order valence-corrected chi connectivity index (χ2v) is 33.2. The van der Waals surface area contributed by atoms with E-state index in [2.05, 4.69) is 0 Å². The van der Waals surface area contributed by atoms with E-state index in [1.165, 1.54) is 48.5 Å². The third-order valence-corrected chi connectivity index (χ3v) is 25.6. The van der Waals surface area contributed by atoms with Crippen LogP contribution in [0.3, 0.4) is 0 Å². The monoisotopic (exact) mass is 1720 g/mol. The van der Waals surface area contributed by atoms with Crippen LogP contribution in [0, 0.1) is 46.5 Å². The molecular weight excluding hydrogens is 1650 g/mol. The molecular formula is C120H72F8N4. The van der Waals surface area contributed by atoms with E-state index in [1.54, 1.807) is 19.6 Å². The lowest BCUT2D eigenvalue weighted by Gasteiger charge is -2.30. The molecule has 0 N–H and O–H groups in total. The third-order valence-electron chi connectivity index (χ3n) is 25.6. The van der Waals surface area contributed by atoms with Crippen molar-refractivity contribution in [1.29, 1.82) is 0 Å². The first-order valence-corrected chi connectivity index (χ1v) is 43.5. The third kappa shape index (κ3) is 13.8. The van der Waals surface area contributed by atoms with Crippen LogP contribution in [-0.4, -0.2) is 0 Å². The number of benzene rings is 24. The summed E-state index contributed by atoms with van der Waals surface area (Å²) in [4.78, 5) is 7.07.